The van der Waals surface area contributed by atoms with Crippen molar-refractivity contribution in [3.05, 3.63) is 45.6 Å². The molecule has 0 aliphatic carbocycles. The molecule has 1 N–H and O–H groups in total. The highest BCUT2D eigenvalue weighted by Crippen LogP contribution is 2.06. The molecule has 1 rings (SSSR count). The molecule has 1 aromatic carbocycles. The Labute approximate surface area is 162 Å². The second kappa shape index (κ2) is 14.0. The highest BCUT2D eigenvalue weighted by atomic mass is 16.5. The molecule has 0 saturated carbocycles. The Hall–Kier alpha value is -2.17. The number of rotatable bonds is 13. The fourth-order valence-corrected chi connectivity index (χ4v) is 2.66. The summed E-state index contributed by atoms with van der Waals surface area (Å²) in [6.07, 6.45) is 9.90. The van der Waals surface area contributed by atoms with Crippen molar-refractivity contribution in [3.8, 4) is 0 Å². The summed E-state index contributed by atoms with van der Waals surface area (Å²) in [5, 5.41) is 2.79. The Morgan fingerprint density at radius 2 is 1.48 bits per heavy atom. The van der Waals surface area contributed by atoms with Gasteiger partial charge in [-0.3, -0.25) is 9.59 Å². The number of ether oxygens (including phenoxy) is 1. The van der Waals surface area contributed by atoms with Gasteiger partial charge in [-0.1, -0.05) is 58.8 Å². The minimum Gasteiger partial charge on any atom is -0.462 e. The summed E-state index contributed by atoms with van der Waals surface area (Å²) in [5.41, 5.74) is -0.0837. The molecule has 0 heterocycles. The molecule has 0 saturated heterocycles. The van der Waals surface area contributed by atoms with Crippen LogP contribution in [-0.4, -0.2) is 25.0 Å². The van der Waals surface area contributed by atoms with Crippen LogP contribution in [0.4, 0.5) is 0 Å². The first-order chi connectivity index (χ1) is 13.1. The lowest BCUT2D eigenvalue weighted by Gasteiger charge is -2.04. The van der Waals surface area contributed by atoms with Gasteiger partial charge in [0.15, 0.2) is 5.43 Å². The summed E-state index contributed by atoms with van der Waals surface area (Å²) in [5.74, 6) is -0.874. The number of esters is 1. The van der Waals surface area contributed by atoms with E-state index >= 15 is 0 Å². The van der Waals surface area contributed by atoms with E-state index in [2.05, 4.69) is 12.2 Å². The van der Waals surface area contributed by atoms with Crippen molar-refractivity contribution in [3.63, 3.8) is 0 Å². The van der Waals surface area contributed by atoms with Crippen molar-refractivity contribution >= 4 is 11.9 Å². The fraction of sp³-hybridized carbons (Fsp3) is 0.591. The fourth-order valence-electron chi connectivity index (χ4n) is 2.66. The summed E-state index contributed by atoms with van der Waals surface area (Å²) in [7, 11) is 0. The van der Waals surface area contributed by atoms with Crippen LogP contribution in [0.15, 0.2) is 29.1 Å². The van der Waals surface area contributed by atoms with E-state index in [1.165, 1.54) is 56.4 Å². The van der Waals surface area contributed by atoms with Crippen LogP contribution < -0.4 is 10.7 Å². The Balaban J connectivity index is 2.49. The van der Waals surface area contributed by atoms with Gasteiger partial charge in [0.1, 0.15) is 0 Å². The maximum atomic E-state index is 12.2. The van der Waals surface area contributed by atoms with Crippen LogP contribution in [0.25, 0.3) is 0 Å². The van der Waals surface area contributed by atoms with Crippen molar-refractivity contribution in [2.45, 2.75) is 71.6 Å². The standard InChI is InChI=1S/C22H33NO4/c1-3-5-7-8-9-10-11-16-23-21(25)19-14-12-18(13-15-20(19)24)22(26)27-17-6-4-2/h12-15H,3-11,16-17H2,1-2H3,(H,23,25). The second-order valence-electron chi connectivity index (χ2n) is 6.77. The summed E-state index contributed by atoms with van der Waals surface area (Å²) in [6.45, 7) is 5.11. The lowest BCUT2D eigenvalue weighted by molar-refractivity contribution is 0.0499. The first-order valence-electron chi connectivity index (χ1n) is 10.2. The SMILES string of the molecule is CCCCCCCCCNC(=O)c1ccc(C(=O)OCCCC)ccc1=O. The molecular formula is C22H33NO4. The summed E-state index contributed by atoms with van der Waals surface area (Å²) in [6, 6.07) is 5.53. The number of hydrogen-bond donors (Lipinski definition) is 1. The van der Waals surface area contributed by atoms with Crippen LogP contribution in [0.5, 0.6) is 0 Å². The third kappa shape index (κ3) is 9.36. The zero-order valence-corrected chi connectivity index (χ0v) is 16.7. The predicted molar refractivity (Wildman–Crippen MR) is 108 cm³/mol. The first kappa shape index (κ1) is 22.9. The third-order valence-corrected chi connectivity index (χ3v) is 4.39. The van der Waals surface area contributed by atoms with Gasteiger partial charge in [-0.25, -0.2) is 4.79 Å². The molecule has 0 aliphatic heterocycles. The normalized spacial score (nSPS) is 10.4. The van der Waals surface area contributed by atoms with Crippen molar-refractivity contribution in [1.29, 1.82) is 0 Å². The summed E-state index contributed by atoms with van der Waals surface area (Å²) >= 11 is 0. The van der Waals surface area contributed by atoms with Crippen LogP contribution in [0.1, 0.15) is 92.4 Å². The van der Waals surface area contributed by atoms with Crippen molar-refractivity contribution < 1.29 is 14.3 Å². The van der Waals surface area contributed by atoms with Gasteiger partial charge < -0.3 is 10.1 Å². The molecule has 150 valence electrons. The van der Waals surface area contributed by atoms with E-state index in [4.69, 9.17) is 4.74 Å². The van der Waals surface area contributed by atoms with Gasteiger partial charge in [0.25, 0.3) is 5.91 Å². The largest absolute Gasteiger partial charge is 0.462 e. The maximum absolute atomic E-state index is 12.2. The molecule has 0 aliphatic rings. The number of unbranched alkanes of at least 4 members (excludes halogenated alkanes) is 7. The molecule has 0 bridgehead atoms. The molecule has 5 heteroatoms. The molecule has 1 aromatic rings. The maximum Gasteiger partial charge on any atom is 0.338 e. The van der Waals surface area contributed by atoms with Gasteiger partial charge in [0, 0.05) is 6.54 Å². The van der Waals surface area contributed by atoms with Gasteiger partial charge >= 0.3 is 5.97 Å². The molecule has 0 fully saturated rings. The lowest BCUT2D eigenvalue weighted by Crippen LogP contribution is -2.28. The highest BCUT2D eigenvalue weighted by molar-refractivity contribution is 5.95. The number of nitrogens with one attached hydrogen (secondary N) is 1. The first-order valence-corrected chi connectivity index (χ1v) is 10.2. The van der Waals surface area contributed by atoms with E-state index in [9.17, 15) is 14.4 Å². The molecule has 0 unspecified atom stereocenters. The topological polar surface area (TPSA) is 72.5 Å². The van der Waals surface area contributed by atoms with Crippen LogP contribution in [0.3, 0.4) is 0 Å². The van der Waals surface area contributed by atoms with Gasteiger partial charge in [-0.2, -0.15) is 0 Å². The quantitative estimate of drug-likeness (QED) is 0.407. The number of carbonyl (C=O) groups excluding carboxylic acids is 2. The predicted octanol–water partition coefficient (Wildman–Crippen LogP) is 4.48. The van der Waals surface area contributed by atoms with Crippen molar-refractivity contribution in [2.24, 2.45) is 0 Å². The van der Waals surface area contributed by atoms with E-state index in [1.54, 1.807) is 0 Å². The van der Waals surface area contributed by atoms with Crippen molar-refractivity contribution in [1.82, 2.24) is 5.32 Å². The lowest BCUT2D eigenvalue weighted by atomic mass is 10.1. The molecule has 5 nitrogen and oxygen atoms in total. The molecule has 27 heavy (non-hydrogen) atoms. The summed E-state index contributed by atoms with van der Waals surface area (Å²) in [4.78, 5) is 36.3. The number of hydrogen-bond acceptors (Lipinski definition) is 4. The molecular weight excluding hydrogens is 342 g/mol. The Kier molecular flexibility index (Phi) is 11.8. The molecule has 0 atom stereocenters. The van der Waals surface area contributed by atoms with Crippen LogP contribution in [-0.2, 0) is 4.74 Å². The number of carbonyl (C=O) groups is 2. The van der Waals surface area contributed by atoms with Crippen LogP contribution in [0, 0.1) is 0 Å². The van der Waals surface area contributed by atoms with Crippen LogP contribution in [0.2, 0.25) is 0 Å². The summed E-state index contributed by atoms with van der Waals surface area (Å²) < 4.78 is 5.14. The van der Waals surface area contributed by atoms with E-state index in [0.717, 1.165) is 25.7 Å². The van der Waals surface area contributed by atoms with E-state index in [0.29, 0.717) is 13.2 Å². The van der Waals surface area contributed by atoms with Gasteiger partial charge in [0.05, 0.1) is 17.7 Å². The minimum atomic E-state index is -0.478. The Bertz CT molecular complexity index is 642. The Morgan fingerprint density at radius 3 is 2.19 bits per heavy atom. The molecule has 0 aromatic heterocycles. The highest BCUT2D eigenvalue weighted by Gasteiger charge is 2.11. The van der Waals surface area contributed by atoms with E-state index < -0.39 is 17.3 Å². The van der Waals surface area contributed by atoms with Gasteiger partial charge in [-0.15, -0.1) is 0 Å². The Morgan fingerprint density at radius 1 is 0.852 bits per heavy atom. The average Bonchev–Trinajstić information content (AvgIpc) is 2.85. The average molecular weight is 376 g/mol. The third-order valence-electron chi connectivity index (χ3n) is 4.39. The molecule has 0 spiro atoms. The van der Waals surface area contributed by atoms with E-state index in [1.807, 2.05) is 6.92 Å². The minimum absolute atomic E-state index is 0.0468. The van der Waals surface area contributed by atoms with Crippen LogP contribution >= 0.6 is 0 Å². The number of amides is 1. The zero-order valence-electron chi connectivity index (χ0n) is 16.7. The zero-order chi connectivity index (χ0) is 19.9. The monoisotopic (exact) mass is 375 g/mol. The van der Waals surface area contributed by atoms with E-state index in [-0.39, 0.29) is 11.1 Å². The van der Waals surface area contributed by atoms with Gasteiger partial charge in [-0.05, 0) is 37.1 Å². The van der Waals surface area contributed by atoms with Gasteiger partial charge in [0.2, 0.25) is 0 Å². The molecule has 0 radical (unpaired) electrons. The smallest absolute Gasteiger partial charge is 0.338 e. The van der Waals surface area contributed by atoms with Crippen molar-refractivity contribution in [2.75, 3.05) is 13.2 Å². The second-order valence-corrected chi connectivity index (χ2v) is 6.77. The molecule has 1 amide bonds.